The standard InChI is InChI=1S/C13H18ClNO2S/c1-2-7-15-12(13(16)17)6-8-18-11-5-3-4-10(14)9-11/h3-5,9,12,15H,2,6-8H2,1H3,(H,16,17). The van der Waals surface area contributed by atoms with Crippen molar-refractivity contribution in [1.29, 1.82) is 0 Å². The third-order valence-electron chi connectivity index (χ3n) is 2.41. The molecule has 0 aliphatic carbocycles. The lowest BCUT2D eigenvalue weighted by molar-refractivity contribution is -0.139. The monoisotopic (exact) mass is 287 g/mol. The maximum absolute atomic E-state index is 11.0. The van der Waals surface area contributed by atoms with Crippen LogP contribution in [-0.4, -0.2) is 29.4 Å². The lowest BCUT2D eigenvalue weighted by atomic mass is 10.2. The molecule has 0 bridgehead atoms. The molecule has 0 aliphatic rings. The Bertz CT molecular complexity index is 387. The van der Waals surface area contributed by atoms with Crippen molar-refractivity contribution in [2.24, 2.45) is 0 Å². The van der Waals surface area contributed by atoms with Crippen LogP contribution in [0.25, 0.3) is 0 Å². The summed E-state index contributed by atoms with van der Waals surface area (Å²) in [7, 11) is 0. The molecule has 0 saturated heterocycles. The molecule has 0 radical (unpaired) electrons. The molecule has 0 aliphatic heterocycles. The minimum atomic E-state index is -0.782. The van der Waals surface area contributed by atoms with Crippen LogP contribution >= 0.6 is 23.4 Å². The second kappa shape index (κ2) is 8.40. The zero-order chi connectivity index (χ0) is 13.4. The highest BCUT2D eigenvalue weighted by Gasteiger charge is 2.15. The highest BCUT2D eigenvalue weighted by atomic mass is 35.5. The van der Waals surface area contributed by atoms with Crippen molar-refractivity contribution in [3.63, 3.8) is 0 Å². The molecule has 5 heteroatoms. The molecule has 1 aromatic carbocycles. The molecule has 1 aromatic rings. The van der Waals surface area contributed by atoms with Gasteiger partial charge in [-0.05, 0) is 37.6 Å². The smallest absolute Gasteiger partial charge is 0.320 e. The molecule has 3 nitrogen and oxygen atoms in total. The lowest BCUT2D eigenvalue weighted by Gasteiger charge is -2.13. The topological polar surface area (TPSA) is 49.3 Å². The summed E-state index contributed by atoms with van der Waals surface area (Å²) in [5.74, 6) is -0.0243. The predicted molar refractivity (Wildman–Crippen MR) is 76.5 cm³/mol. The predicted octanol–water partition coefficient (Wildman–Crippen LogP) is 3.28. The van der Waals surface area contributed by atoms with E-state index in [4.69, 9.17) is 16.7 Å². The molecular weight excluding hydrogens is 270 g/mol. The van der Waals surface area contributed by atoms with E-state index in [2.05, 4.69) is 5.32 Å². The second-order valence-electron chi connectivity index (χ2n) is 3.94. The van der Waals surface area contributed by atoms with Gasteiger partial charge >= 0.3 is 5.97 Å². The molecule has 0 amide bonds. The van der Waals surface area contributed by atoms with E-state index in [1.54, 1.807) is 11.8 Å². The summed E-state index contributed by atoms with van der Waals surface area (Å²) in [4.78, 5) is 12.1. The van der Waals surface area contributed by atoms with E-state index in [0.717, 1.165) is 23.6 Å². The summed E-state index contributed by atoms with van der Waals surface area (Å²) in [5.41, 5.74) is 0. The van der Waals surface area contributed by atoms with Gasteiger partial charge in [0.15, 0.2) is 0 Å². The van der Waals surface area contributed by atoms with Crippen molar-refractivity contribution in [2.75, 3.05) is 12.3 Å². The SMILES string of the molecule is CCCNC(CCSc1cccc(Cl)c1)C(=O)O. The van der Waals surface area contributed by atoms with Crippen LogP contribution in [-0.2, 0) is 4.79 Å². The Morgan fingerprint density at radius 1 is 1.56 bits per heavy atom. The minimum Gasteiger partial charge on any atom is -0.480 e. The van der Waals surface area contributed by atoms with Gasteiger partial charge in [0.2, 0.25) is 0 Å². The maximum atomic E-state index is 11.0. The molecule has 1 unspecified atom stereocenters. The van der Waals surface area contributed by atoms with Crippen molar-refractivity contribution < 1.29 is 9.90 Å². The summed E-state index contributed by atoms with van der Waals surface area (Å²) in [6, 6.07) is 7.13. The number of carboxylic acid groups (broad SMARTS) is 1. The maximum Gasteiger partial charge on any atom is 0.320 e. The molecule has 1 atom stereocenters. The van der Waals surface area contributed by atoms with E-state index in [1.165, 1.54) is 0 Å². The Kier molecular flexibility index (Phi) is 7.16. The molecule has 0 spiro atoms. The van der Waals surface area contributed by atoms with Crippen LogP contribution in [0, 0.1) is 0 Å². The Morgan fingerprint density at radius 2 is 2.33 bits per heavy atom. The first-order valence-corrected chi connectivity index (χ1v) is 7.34. The van der Waals surface area contributed by atoms with Crippen molar-refractivity contribution in [3.8, 4) is 0 Å². The molecular formula is C13H18ClNO2S. The van der Waals surface area contributed by atoms with E-state index >= 15 is 0 Å². The van der Waals surface area contributed by atoms with E-state index in [0.29, 0.717) is 11.4 Å². The summed E-state index contributed by atoms with van der Waals surface area (Å²) < 4.78 is 0. The average Bonchev–Trinajstić information content (AvgIpc) is 2.33. The Hall–Kier alpha value is -0.710. The number of nitrogens with one attached hydrogen (secondary N) is 1. The van der Waals surface area contributed by atoms with Crippen LogP contribution in [0.2, 0.25) is 5.02 Å². The number of halogens is 1. The number of hydrogen-bond donors (Lipinski definition) is 2. The van der Waals surface area contributed by atoms with Gasteiger partial charge in [0.1, 0.15) is 6.04 Å². The highest BCUT2D eigenvalue weighted by Crippen LogP contribution is 2.22. The van der Waals surface area contributed by atoms with Crippen LogP contribution < -0.4 is 5.32 Å². The fourth-order valence-electron chi connectivity index (χ4n) is 1.48. The quantitative estimate of drug-likeness (QED) is 0.721. The summed E-state index contributed by atoms with van der Waals surface area (Å²) >= 11 is 7.51. The average molecular weight is 288 g/mol. The molecule has 0 aromatic heterocycles. The molecule has 1 rings (SSSR count). The first-order chi connectivity index (χ1) is 8.63. The first kappa shape index (κ1) is 15.3. The van der Waals surface area contributed by atoms with Gasteiger partial charge in [0.05, 0.1) is 0 Å². The minimum absolute atomic E-state index is 0.461. The van der Waals surface area contributed by atoms with E-state index in [1.807, 2.05) is 31.2 Å². The van der Waals surface area contributed by atoms with Gasteiger partial charge in [-0.1, -0.05) is 24.6 Å². The number of carboxylic acids is 1. The van der Waals surface area contributed by atoms with Gasteiger partial charge in [-0.3, -0.25) is 4.79 Å². The van der Waals surface area contributed by atoms with Crippen LogP contribution in [0.1, 0.15) is 19.8 Å². The third-order valence-corrected chi connectivity index (χ3v) is 3.67. The fourth-order valence-corrected chi connectivity index (χ4v) is 2.71. The number of aliphatic carboxylic acids is 1. The molecule has 0 fully saturated rings. The van der Waals surface area contributed by atoms with Gasteiger partial charge in [0, 0.05) is 15.7 Å². The van der Waals surface area contributed by atoms with E-state index in [-0.39, 0.29) is 0 Å². The Labute approximate surface area is 117 Å². The number of carbonyl (C=O) groups is 1. The van der Waals surface area contributed by atoms with E-state index < -0.39 is 12.0 Å². The van der Waals surface area contributed by atoms with Gasteiger partial charge in [-0.15, -0.1) is 11.8 Å². The zero-order valence-corrected chi connectivity index (χ0v) is 11.9. The Balaban J connectivity index is 2.36. The van der Waals surface area contributed by atoms with Crippen LogP contribution in [0.15, 0.2) is 29.2 Å². The zero-order valence-electron chi connectivity index (χ0n) is 10.4. The largest absolute Gasteiger partial charge is 0.480 e. The van der Waals surface area contributed by atoms with Gasteiger partial charge < -0.3 is 10.4 Å². The van der Waals surface area contributed by atoms with Crippen molar-refractivity contribution in [1.82, 2.24) is 5.32 Å². The van der Waals surface area contributed by atoms with E-state index in [9.17, 15) is 4.79 Å². The highest BCUT2D eigenvalue weighted by molar-refractivity contribution is 7.99. The fraction of sp³-hybridized carbons (Fsp3) is 0.462. The third kappa shape index (κ3) is 5.76. The molecule has 0 heterocycles. The van der Waals surface area contributed by atoms with Gasteiger partial charge in [-0.25, -0.2) is 0 Å². The summed E-state index contributed by atoms with van der Waals surface area (Å²) in [6.45, 7) is 2.76. The van der Waals surface area contributed by atoms with Gasteiger partial charge in [0.25, 0.3) is 0 Å². The normalized spacial score (nSPS) is 12.3. The first-order valence-electron chi connectivity index (χ1n) is 5.98. The van der Waals surface area contributed by atoms with Gasteiger partial charge in [-0.2, -0.15) is 0 Å². The number of thioether (sulfide) groups is 1. The van der Waals surface area contributed by atoms with Crippen molar-refractivity contribution in [2.45, 2.75) is 30.7 Å². The van der Waals surface area contributed by atoms with Crippen LogP contribution in [0.4, 0.5) is 0 Å². The second-order valence-corrected chi connectivity index (χ2v) is 5.54. The number of benzene rings is 1. The number of hydrogen-bond acceptors (Lipinski definition) is 3. The molecule has 0 saturated carbocycles. The molecule has 2 N–H and O–H groups in total. The van der Waals surface area contributed by atoms with Crippen molar-refractivity contribution >= 4 is 29.3 Å². The molecule has 100 valence electrons. The Morgan fingerprint density at radius 3 is 2.94 bits per heavy atom. The van der Waals surface area contributed by atoms with Crippen LogP contribution in [0.3, 0.4) is 0 Å². The summed E-state index contributed by atoms with van der Waals surface area (Å²) in [5, 5.41) is 12.8. The molecule has 18 heavy (non-hydrogen) atoms. The van der Waals surface area contributed by atoms with Crippen molar-refractivity contribution in [3.05, 3.63) is 29.3 Å². The lowest BCUT2D eigenvalue weighted by Crippen LogP contribution is -2.37. The number of rotatable bonds is 8. The van der Waals surface area contributed by atoms with Crippen LogP contribution in [0.5, 0.6) is 0 Å². The summed E-state index contributed by atoms with van der Waals surface area (Å²) in [6.07, 6.45) is 1.54.